The largest absolute Gasteiger partial charge is 0.459 e. The number of ether oxygens (including phenoxy) is 1. The number of benzene rings is 1. The second-order valence-electron chi connectivity index (χ2n) is 8.22. The Hall–Kier alpha value is -1.35. The predicted octanol–water partition coefficient (Wildman–Crippen LogP) is 6.97. The van der Waals surface area contributed by atoms with Crippen molar-refractivity contribution in [3.05, 3.63) is 47.3 Å². The zero-order valence-corrected chi connectivity index (χ0v) is 16.7. The fourth-order valence-corrected chi connectivity index (χ4v) is 5.00. The van der Waals surface area contributed by atoms with Crippen LogP contribution in [0.1, 0.15) is 74.6 Å². The van der Waals surface area contributed by atoms with Crippen LogP contribution in [0.5, 0.6) is 0 Å². The van der Waals surface area contributed by atoms with Crippen LogP contribution in [0.2, 0.25) is 5.02 Å². The molecule has 148 valence electrons. The Balaban J connectivity index is 1.42. The van der Waals surface area contributed by atoms with Crippen molar-refractivity contribution < 1.29 is 13.9 Å². The lowest BCUT2D eigenvalue weighted by atomic mass is 9.70. The highest BCUT2D eigenvalue weighted by molar-refractivity contribution is 6.31. The van der Waals surface area contributed by atoms with Crippen molar-refractivity contribution in [2.24, 2.45) is 17.8 Å². The van der Waals surface area contributed by atoms with Crippen LogP contribution in [0.3, 0.4) is 0 Å². The molecular weight excluding hydrogens is 363 g/mol. The van der Waals surface area contributed by atoms with Gasteiger partial charge in [-0.2, -0.15) is 0 Å². The van der Waals surface area contributed by atoms with E-state index in [4.69, 9.17) is 16.3 Å². The van der Waals surface area contributed by atoms with E-state index < -0.39 is 11.8 Å². The maximum absolute atomic E-state index is 13.2. The summed E-state index contributed by atoms with van der Waals surface area (Å²) in [4.78, 5) is 12.3. The Bertz CT molecular complexity index is 644. The molecule has 0 aromatic heterocycles. The molecule has 2 aliphatic rings. The van der Waals surface area contributed by atoms with E-state index in [9.17, 15) is 9.18 Å². The Morgan fingerprint density at radius 2 is 1.74 bits per heavy atom. The van der Waals surface area contributed by atoms with E-state index in [2.05, 4.69) is 6.58 Å². The zero-order chi connectivity index (χ0) is 19.2. The van der Waals surface area contributed by atoms with Crippen LogP contribution in [0.25, 0.3) is 0 Å². The summed E-state index contributed by atoms with van der Waals surface area (Å²) in [6.07, 6.45) is 14.0. The lowest BCUT2D eigenvalue weighted by Gasteiger charge is -2.37. The molecular formula is C23H30ClFO2. The Kier molecular flexibility index (Phi) is 7.34. The van der Waals surface area contributed by atoms with E-state index in [0.29, 0.717) is 5.56 Å². The smallest absolute Gasteiger partial charge is 0.338 e. The van der Waals surface area contributed by atoms with E-state index in [1.54, 1.807) is 0 Å². The second kappa shape index (κ2) is 9.73. The highest BCUT2D eigenvalue weighted by Crippen LogP contribution is 2.41. The molecule has 0 heterocycles. The third-order valence-corrected chi connectivity index (χ3v) is 6.77. The van der Waals surface area contributed by atoms with Gasteiger partial charge in [0.15, 0.2) is 0 Å². The van der Waals surface area contributed by atoms with Gasteiger partial charge in [-0.1, -0.05) is 30.5 Å². The quantitative estimate of drug-likeness (QED) is 0.386. The minimum atomic E-state index is -0.520. The van der Waals surface area contributed by atoms with Crippen LogP contribution in [0.4, 0.5) is 4.39 Å². The molecule has 4 heteroatoms. The van der Waals surface area contributed by atoms with Gasteiger partial charge in [0, 0.05) is 0 Å². The molecule has 3 rings (SSSR count). The number of carbonyl (C=O) groups is 1. The van der Waals surface area contributed by atoms with Crippen LogP contribution in [0, 0.1) is 23.6 Å². The summed E-state index contributed by atoms with van der Waals surface area (Å²) in [6, 6.07) is 3.98. The fraction of sp³-hybridized carbons (Fsp3) is 0.609. The molecule has 0 atom stereocenters. The number of allylic oxidation sites excluding steroid dienone is 1. The van der Waals surface area contributed by atoms with Crippen LogP contribution in [-0.4, -0.2) is 12.1 Å². The highest BCUT2D eigenvalue weighted by atomic mass is 35.5. The molecule has 0 unspecified atom stereocenters. The van der Waals surface area contributed by atoms with Crippen molar-refractivity contribution in [1.82, 2.24) is 0 Å². The molecule has 0 spiro atoms. The second-order valence-corrected chi connectivity index (χ2v) is 8.63. The monoisotopic (exact) mass is 392 g/mol. The molecule has 2 fully saturated rings. The van der Waals surface area contributed by atoms with Gasteiger partial charge in [0.1, 0.15) is 11.9 Å². The average Bonchev–Trinajstić information content (AvgIpc) is 2.69. The molecule has 0 aliphatic heterocycles. The molecule has 1 aromatic rings. The van der Waals surface area contributed by atoms with E-state index in [-0.39, 0.29) is 11.1 Å². The van der Waals surface area contributed by atoms with Crippen LogP contribution >= 0.6 is 11.6 Å². The Morgan fingerprint density at radius 3 is 2.33 bits per heavy atom. The number of hydrogen-bond donors (Lipinski definition) is 0. The predicted molar refractivity (Wildman–Crippen MR) is 107 cm³/mol. The molecule has 2 saturated carbocycles. The van der Waals surface area contributed by atoms with Gasteiger partial charge in [0.25, 0.3) is 0 Å². The zero-order valence-electron chi connectivity index (χ0n) is 16.0. The normalized spacial score (nSPS) is 28.5. The first-order valence-electron chi connectivity index (χ1n) is 10.3. The van der Waals surface area contributed by atoms with Gasteiger partial charge in [0.05, 0.1) is 10.6 Å². The lowest BCUT2D eigenvalue weighted by molar-refractivity contribution is 0.0109. The van der Waals surface area contributed by atoms with Gasteiger partial charge in [-0.05, 0) is 87.3 Å². The molecule has 1 aromatic carbocycles. The van der Waals surface area contributed by atoms with Crippen LogP contribution in [-0.2, 0) is 4.74 Å². The number of rotatable bonds is 6. The Labute approximate surface area is 167 Å². The number of hydrogen-bond acceptors (Lipinski definition) is 2. The summed E-state index contributed by atoms with van der Waals surface area (Å²) < 4.78 is 18.9. The molecule has 0 amide bonds. The summed E-state index contributed by atoms with van der Waals surface area (Å²) in [5.41, 5.74) is 0.321. The summed E-state index contributed by atoms with van der Waals surface area (Å²) in [7, 11) is 0. The van der Waals surface area contributed by atoms with E-state index >= 15 is 0 Å². The molecule has 0 N–H and O–H groups in total. The number of carbonyl (C=O) groups excluding carboxylic acids is 1. The van der Waals surface area contributed by atoms with Gasteiger partial charge >= 0.3 is 5.97 Å². The summed E-state index contributed by atoms with van der Waals surface area (Å²) in [6.45, 7) is 3.83. The minimum Gasteiger partial charge on any atom is -0.459 e. The third kappa shape index (κ3) is 5.57. The van der Waals surface area contributed by atoms with Crippen LogP contribution < -0.4 is 0 Å². The van der Waals surface area contributed by atoms with Crippen molar-refractivity contribution in [3.63, 3.8) is 0 Å². The third-order valence-electron chi connectivity index (χ3n) is 6.48. The standard InChI is InChI=1S/C23H30ClFO2/c1-2-3-4-16-5-7-17(8-6-16)18-9-12-20(13-10-18)27-23(26)19-11-14-22(25)21(24)15-19/h2,11,14-18,20H,1,3-10,12-13H2. The van der Waals surface area contributed by atoms with E-state index in [1.807, 2.05) is 6.08 Å². The van der Waals surface area contributed by atoms with Crippen molar-refractivity contribution in [3.8, 4) is 0 Å². The first-order valence-corrected chi connectivity index (χ1v) is 10.7. The highest BCUT2D eigenvalue weighted by Gasteiger charge is 2.32. The van der Waals surface area contributed by atoms with E-state index in [0.717, 1.165) is 49.9 Å². The molecule has 27 heavy (non-hydrogen) atoms. The minimum absolute atomic E-state index is 0.0264. The summed E-state index contributed by atoms with van der Waals surface area (Å²) in [5.74, 6) is 1.59. The first-order chi connectivity index (χ1) is 13.1. The van der Waals surface area contributed by atoms with Crippen molar-refractivity contribution >= 4 is 17.6 Å². The molecule has 0 bridgehead atoms. The van der Waals surface area contributed by atoms with Gasteiger partial charge in [-0.3, -0.25) is 0 Å². The number of esters is 1. The van der Waals surface area contributed by atoms with Gasteiger partial charge < -0.3 is 4.74 Å². The summed E-state index contributed by atoms with van der Waals surface area (Å²) >= 11 is 5.76. The average molecular weight is 393 g/mol. The van der Waals surface area contributed by atoms with Crippen LogP contribution in [0.15, 0.2) is 30.9 Å². The van der Waals surface area contributed by atoms with E-state index in [1.165, 1.54) is 50.3 Å². The molecule has 0 radical (unpaired) electrons. The summed E-state index contributed by atoms with van der Waals surface area (Å²) in [5, 5.41) is -0.0446. The van der Waals surface area contributed by atoms with Crippen molar-refractivity contribution in [1.29, 1.82) is 0 Å². The lowest BCUT2D eigenvalue weighted by Crippen LogP contribution is -2.29. The maximum atomic E-state index is 13.2. The number of halogens is 2. The Morgan fingerprint density at radius 1 is 1.11 bits per heavy atom. The molecule has 0 saturated heterocycles. The van der Waals surface area contributed by atoms with Gasteiger partial charge in [-0.25, -0.2) is 9.18 Å². The molecule has 2 nitrogen and oxygen atoms in total. The molecule has 2 aliphatic carbocycles. The van der Waals surface area contributed by atoms with Crippen molar-refractivity contribution in [2.75, 3.05) is 0 Å². The first kappa shape index (κ1) is 20.4. The SMILES string of the molecule is C=CCCC1CCC(C2CCC(OC(=O)c3ccc(F)c(Cl)c3)CC2)CC1. The van der Waals surface area contributed by atoms with Gasteiger partial charge in [0.2, 0.25) is 0 Å². The topological polar surface area (TPSA) is 26.3 Å². The van der Waals surface area contributed by atoms with Crippen molar-refractivity contribution in [2.45, 2.75) is 70.3 Å². The fourth-order valence-electron chi connectivity index (χ4n) is 4.82. The van der Waals surface area contributed by atoms with Gasteiger partial charge in [-0.15, -0.1) is 6.58 Å². The maximum Gasteiger partial charge on any atom is 0.338 e.